The van der Waals surface area contributed by atoms with Gasteiger partial charge in [-0.15, -0.1) is 0 Å². The summed E-state index contributed by atoms with van der Waals surface area (Å²) in [6, 6.07) is 2.27. The van der Waals surface area contributed by atoms with E-state index in [1.807, 2.05) is 19.3 Å². The summed E-state index contributed by atoms with van der Waals surface area (Å²) in [6.45, 7) is 3.43. The Morgan fingerprint density at radius 1 is 1.19 bits per heavy atom. The van der Waals surface area contributed by atoms with Crippen LogP contribution in [0.3, 0.4) is 0 Å². The lowest BCUT2D eigenvalue weighted by Gasteiger charge is -2.46. The van der Waals surface area contributed by atoms with Crippen molar-refractivity contribution < 1.29 is 0 Å². The van der Waals surface area contributed by atoms with Gasteiger partial charge in [0.2, 0.25) is 0 Å². The van der Waals surface area contributed by atoms with Crippen LogP contribution in [0.1, 0.15) is 48.4 Å². The van der Waals surface area contributed by atoms with Crippen molar-refractivity contribution in [2.24, 2.45) is 12.5 Å². The van der Waals surface area contributed by atoms with Gasteiger partial charge in [0.15, 0.2) is 0 Å². The van der Waals surface area contributed by atoms with Crippen LogP contribution in [0.2, 0.25) is 5.15 Å². The number of nitrogens with one attached hydrogen (secondary N) is 1. The van der Waals surface area contributed by atoms with Crippen LogP contribution in [0.4, 0.5) is 0 Å². The maximum Gasteiger partial charge on any atom is 0.129 e. The molecular weight excluding hydrogens is 358 g/mol. The molecule has 0 amide bonds. The van der Waals surface area contributed by atoms with Gasteiger partial charge in [-0.25, -0.2) is 4.98 Å². The third-order valence-corrected chi connectivity index (χ3v) is 6.26. The van der Waals surface area contributed by atoms with E-state index in [-0.39, 0.29) is 6.04 Å². The molecule has 27 heavy (non-hydrogen) atoms. The van der Waals surface area contributed by atoms with Gasteiger partial charge in [-0.3, -0.25) is 4.68 Å². The number of halogens is 1. The minimum atomic E-state index is 0.279. The molecule has 2 aliphatic heterocycles. The molecule has 1 spiro atoms. The lowest BCUT2D eigenvalue weighted by Crippen LogP contribution is -2.45. The van der Waals surface area contributed by atoms with Gasteiger partial charge < -0.3 is 10.2 Å². The highest BCUT2D eigenvalue weighted by atomic mass is 35.5. The first-order chi connectivity index (χ1) is 13.0. The largest absolute Gasteiger partial charge is 0.310 e. The Hall–Kier alpha value is -1.87. The molecule has 2 saturated heterocycles. The fourth-order valence-corrected chi connectivity index (χ4v) is 4.51. The van der Waals surface area contributed by atoms with Crippen LogP contribution in [-0.4, -0.2) is 46.3 Å². The maximum atomic E-state index is 6.25. The number of likely N-dealkylation sites (tertiary alicyclic amines) is 1. The van der Waals surface area contributed by atoms with E-state index >= 15 is 0 Å². The Morgan fingerprint density at radius 2 is 2.00 bits per heavy atom. The predicted octanol–water partition coefficient (Wildman–Crippen LogP) is 3.00. The average molecular weight is 384 g/mol. The lowest BCUT2D eigenvalue weighted by molar-refractivity contribution is 0.0690. The Balaban J connectivity index is 1.61. The topological polar surface area (TPSA) is 46.0 Å². The first kappa shape index (κ1) is 18.5. The van der Waals surface area contributed by atoms with Crippen molar-refractivity contribution in [1.29, 1.82) is 0 Å². The zero-order valence-electron chi connectivity index (χ0n) is 16.0. The van der Waals surface area contributed by atoms with Crippen molar-refractivity contribution in [3.8, 4) is 11.8 Å². The third kappa shape index (κ3) is 4.19. The van der Waals surface area contributed by atoms with E-state index in [1.54, 1.807) is 17.1 Å². The van der Waals surface area contributed by atoms with Crippen LogP contribution >= 0.6 is 11.6 Å². The Morgan fingerprint density at radius 3 is 2.74 bits per heavy atom. The summed E-state index contributed by atoms with van der Waals surface area (Å²) >= 11 is 6.25. The molecule has 4 rings (SSSR count). The van der Waals surface area contributed by atoms with Crippen LogP contribution in [0.25, 0.3) is 0 Å². The van der Waals surface area contributed by atoms with Crippen LogP contribution < -0.4 is 5.32 Å². The maximum absolute atomic E-state index is 6.25. The first-order valence-electron chi connectivity index (χ1n) is 9.61. The fraction of sp³-hybridized carbons (Fsp3) is 0.524. The van der Waals surface area contributed by atoms with E-state index in [1.165, 1.54) is 37.9 Å². The molecule has 2 aliphatic rings. The molecular formula is C21H26ClN5. The minimum absolute atomic E-state index is 0.279. The first-order valence-corrected chi connectivity index (χ1v) is 9.99. The van der Waals surface area contributed by atoms with Gasteiger partial charge in [0.05, 0.1) is 11.8 Å². The van der Waals surface area contributed by atoms with E-state index in [0.29, 0.717) is 10.6 Å². The molecule has 0 aliphatic carbocycles. The number of hydrogen-bond donors (Lipinski definition) is 1. The predicted molar refractivity (Wildman–Crippen MR) is 108 cm³/mol. The number of aromatic nitrogens is 3. The summed E-state index contributed by atoms with van der Waals surface area (Å²) in [5.41, 5.74) is 3.46. The van der Waals surface area contributed by atoms with Gasteiger partial charge in [0.1, 0.15) is 5.15 Å². The Labute approximate surface area is 166 Å². The van der Waals surface area contributed by atoms with E-state index in [0.717, 1.165) is 24.1 Å². The van der Waals surface area contributed by atoms with Gasteiger partial charge in [-0.1, -0.05) is 23.4 Å². The molecule has 4 heterocycles. The molecule has 1 unspecified atom stereocenters. The fourth-order valence-electron chi connectivity index (χ4n) is 4.35. The monoisotopic (exact) mass is 383 g/mol. The van der Waals surface area contributed by atoms with Gasteiger partial charge in [0.25, 0.3) is 0 Å². The molecule has 6 heteroatoms. The molecule has 1 atom stereocenters. The second-order valence-electron chi connectivity index (χ2n) is 8.01. The van der Waals surface area contributed by atoms with Crippen molar-refractivity contribution in [2.45, 2.75) is 31.7 Å². The summed E-state index contributed by atoms with van der Waals surface area (Å²) in [4.78, 5) is 6.71. The number of pyridine rings is 1. The highest BCUT2D eigenvalue weighted by Gasteiger charge is 2.39. The number of nitrogens with zero attached hydrogens (tertiary/aromatic N) is 4. The molecule has 2 aromatic heterocycles. The summed E-state index contributed by atoms with van der Waals surface area (Å²) in [5, 5.41) is 8.41. The highest BCUT2D eigenvalue weighted by molar-refractivity contribution is 6.29. The van der Waals surface area contributed by atoms with Crippen molar-refractivity contribution in [1.82, 2.24) is 25.0 Å². The van der Waals surface area contributed by atoms with Crippen molar-refractivity contribution in [3.63, 3.8) is 0 Å². The van der Waals surface area contributed by atoms with Gasteiger partial charge in [0, 0.05) is 31.0 Å². The number of hydrogen-bond acceptors (Lipinski definition) is 4. The van der Waals surface area contributed by atoms with E-state index in [4.69, 9.17) is 11.6 Å². The van der Waals surface area contributed by atoms with Crippen molar-refractivity contribution >= 4 is 11.6 Å². The molecule has 5 nitrogen and oxygen atoms in total. The van der Waals surface area contributed by atoms with E-state index < -0.39 is 0 Å². The summed E-state index contributed by atoms with van der Waals surface area (Å²) in [5.74, 6) is 6.50. The van der Waals surface area contributed by atoms with Crippen molar-refractivity contribution in [2.75, 3.05) is 26.7 Å². The standard InChI is InChI=1S/C21H26ClN5/c1-26-9-6-21(7-10-26)5-8-23-19(12-21)18-11-20(22)24-14-17(18)4-3-16-13-25-27(2)15-16/h11,13-15,19,23H,5-10,12H2,1-2H3. The lowest BCUT2D eigenvalue weighted by atomic mass is 9.68. The van der Waals surface area contributed by atoms with E-state index in [9.17, 15) is 0 Å². The zero-order chi connectivity index (χ0) is 18.9. The molecule has 0 saturated carbocycles. The number of piperidine rings is 2. The molecule has 0 bridgehead atoms. The zero-order valence-corrected chi connectivity index (χ0v) is 16.8. The number of aryl methyl sites for hydroxylation is 1. The summed E-state index contributed by atoms with van der Waals surface area (Å²) in [7, 11) is 4.12. The second kappa shape index (κ2) is 7.63. The minimum Gasteiger partial charge on any atom is -0.310 e. The quantitative estimate of drug-likeness (QED) is 0.607. The second-order valence-corrected chi connectivity index (χ2v) is 8.40. The van der Waals surface area contributed by atoms with Gasteiger partial charge >= 0.3 is 0 Å². The van der Waals surface area contributed by atoms with E-state index in [2.05, 4.69) is 39.2 Å². The molecule has 0 aromatic carbocycles. The summed E-state index contributed by atoms with van der Waals surface area (Å²) in [6.07, 6.45) is 10.5. The SMILES string of the molecule is CN1CCC2(CCNC(c3cc(Cl)ncc3C#Cc3cnn(C)c3)C2)CC1. The van der Waals surface area contributed by atoms with Crippen LogP contribution in [0.5, 0.6) is 0 Å². The van der Waals surface area contributed by atoms with Crippen LogP contribution in [0, 0.1) is 17.3 Å². The van der Waals surface area contributed by atoms with Crippen LogP contribution in [0.15, 0.2) is 24.7 Å². The molecule has 142 valence electrons. The Kier molecular flexibility index (Phi) is 5.23. The van der Waals surface area contributed by atoms with Gasteiger partial charge in [-0.05, 0) is 69.4 Å². The van der Waals surface area contributed by atoms with Gasteiger partial charge in [-0.2, -0.15) is 5.10 Å². The normalized spacial score (nSPS) is 22.4. The smallest absolute Gasteiger partial charge is 0.129 e. The summed E-state index contributed by atoms with van der Waals surface area (Å²) < 4.78 is 1.76. The third-order valence-electron chi connectivity index (χ3n) is 6.06. The highest BCUT2D eigenvalue weighted by Crippen LogP contribution is 2.45. The average Bonchev–Trinajstić information content (AvgIpc) is 3.09. The Bertz CT molecular complexity index is 870. The molecule has 2 fully saturated rings. The van der Waals surface area contributed by atoms with Crippen molar-refractivity contribution in [3.05, 3.63) is 46.5 Å². The molecule has 1 N–H and O–H groups in total. The number of rotatable bonds is 1. The molecule has 2 aromatic rings. The van der Waals surface area contributed by atoms with Crippen LogP contribution in [-0.2, 0) is 7.05 Å². The molecule has 0 radical (unpaired) electrons.